The van der Waals surface area contributed by atoms with Crippen LogP contribution in [0, 0.1) is 10.1 Å². The molecule has 0 aliphatic carbocycles. The molecule has 0 aromatic heterocycles. The molecule has 7 heteroatoms. The number of nitrogens with zero attached hydrogens (tertiary/aromatic N) is 3. The van der Waals surface area contributed by atoms with Crippen molar-refractivity contribution in [1.29, 1.82) is 0 Å². The van der Waals surface area contributed by atoms with Gasteiger partial charge in [0.15, 0.2) is 0 Å². The second-order valence-electron chi connectivity index (χ2n) is 7.77. The van der Waals surface area contributed by atoms with Crippen LogP contribution in [0.5, 0.6) is 0 Å². The van der Waals surface area contributed by atoms with Gasteiger partial charge in [-0.05, 0) is 35.2 Å². The van der Waals surface area contributed by atoms with Crippen molar-refractivity contribution in [3.63, 3.8) is 0 Å². The van der Waals surface area contributed by atoms with Crippen LogP contribution >= 0.6 is 11.6 Å². The zero-order chi connectivity index (χ0) is 20.2. The van der Waals surface area contributed by atoms with Crippen LogP contribution in [0.4, 0.5) is 0 Å². The van der Waals surface area contributed by atoms with Crippen molar-refractivity contribution in [3.8, 4) is 11.1 Å². The number of rotatable bonds is 5. The summed E-state index contributed by atoms with van der Waals surface area (Å²) in [6, 6.07) is 16.8. The summed E-state index contributed by atoms with van der Waals surface area (Å²) >= 11 is 6.04. The summed E-state index contributed by atoms with van der Waals surface area (Å²) in [6.45, 7) is 5.20. The maximum atomic E-state index is 11.1. The van der Waals surface area contributed by atoms with E-state index in [-0.39, 0.29) is 11.0 Å². The molecular formula is C22H26ClN3O3. The van der Waals surface area contributed by atoms with E-state index >= 15 is 0 Å². The summed E-state index contributed by atoms with van der Waals surface area (Å²) in [6.07, 6.45) is 0.522. The third kappa shape index (κ3) is 4.95. The standard InChI is InChI=1S/C22H26ClN3O3/c23-19-7-5-17(6-8-19)21-4-2-1-3-18(21)16-24-10-12-25(13-11-24)20-9-14-29-22(15-20)26(27)28/h1-8,20,22H,9-16H2. The highest BCUT2D eigenvalue weighted by Crippen LogP contribution is 2.27. The fourth-order valence-electron chi connectivity index (χ4n) is 4.33. The first-order valence-electron chi connectivity index (χ1n) is 10.2. The number of nitro groups is 1. The lowest BCUT2D eigenvalue weighted by atomic mass is 9.99. The number of hydrogen-bond acceptors (Lipinski definition) is 5. The Morgan fingerprint density at radius 2 is 1.79 bits per heavy atom. The highest BCUT2D eigenvalue weighted by atomic mass is 35.5. The van der Waals surface area contributed by atoms with Gasteiger partial charge in [-0.1, -0.05) is 48.0 Å². The first kappa shape index (κ1) is 20.3. The molecule has 6 nitrogen and oxygen atoms in total. The van der Waals surface area contributed by atoms with Crippen LogP contribution in [-0.2, 0) is 11.3 Å². The summed E-state index contributed by atoms with van der Waals surface area (Å²) in [4.78, 5) is 15.6. The quantitative estimate of drug-likeness (QED) is 0.547. The lowest BCUT2D eigenvalue weighted by Crippen LogP contribution is -2.52. The van der Waals surface area contributed by atoms with Gasteiger partial charge in [0.1, 0.15) is 0 Å². The molecule has 0 radical (unpaired) electrons. The fraction of sp³-hybridized carbons (Fsp3) is 0.455. The summed E-state index contributed by atoms with van der Waals surface area (Å²) in [5.74, 6) is 0. The number of ether oxygens (including phenoxy) is 1. The highest BCUT2D eigenvalue weighted by molar-refractivity contribution is 6.30. The molecule has 154 valence electrons. The molecule has 2 heterocycles. The lowest BCUT2D eigenvalue weighted by Gasteiger charge is -2.41. The predicted molar refractivity (Wildman–Crippen MR) is 113 cm³/mol. The minimum atomic E-state index is -0.849. The number of hydrogen-bond donors (Lipinski definition) is 0. The van der Waals surface area contributed by atoms with E-state index in [9.17, 15) is 10.1 Å². The van der Waals surface area contributed by atoms with Crippen molar-refractivity contribution in [1.82, 2.24) is 9.80 Å². The number of halogens is 1. The van der Waals surface area contributed by atoms with Crippen molar-refractivity contribution in [2.75, 3.05) is 32.8 Å². The first-order valence-corrected chi connectivity index (χ1v) is 10.5. The Balaban J connectivity index is 1.37. The molecule has 29 heavy (non-hydrogen) atoms. The monoisotopic (exact) mass is 415 g/mol. The van der Waals surface area contributed by atoms with E-state index in [1.807, 2.05) is 12.1 Å². The molecule has 2 saturated heterocycles. The largest absolute Gasteiger partial charge is 0.317 e. The normalized spacial score (nSPS) is 23.8. The Morgan fingerprint density at radius 3 is 2.52 bits per heavy atom. The molecule has 2 aromatic carbocycles. The Kier molecular flexibility index (Phi) is 6.45. The summed E-state index contributed by atoms with van der Waals surface area (Å²) in [5.41, 5.74) is 3.73. The molecule has 2 atom stereocenters. The van der Waals surface area contributed by atoms with Crippen molar-refractivity contribution in [3.05, 3.63) is 69.2 Å². The molecule has 2 fully saturated rings. The van der Waals surface area contributed by atoms with Crippen LogP contribution in [0.25, 0.3) is 11.1 Å². The predicted octanol–water partition coefficient (Wildman–Crippen LogP) is 3.91. The van der Waals surface area contributed by atoms with Crippen LogP contribution in [0.1, 0.15) is 18.4 Å². The maximum absolute atomic E-state index is 11.1. The smallest absolute Gasteiger partial charge is 0.316 e. The van der Waals surface area contributed by atoms with Gasteiger partial charge in [-0.25, -0.2) is 0 Å². The Morgan fingerprint density at radius 1 is 1.07 bits per heavy atom. The van der Waals surface area contributed by atoms with Gasteiger partial charge in [-0.3, -0.25) is 19.9 Å². The van der Waals surface area contributed by atoms with Crippen molar-refractivity contribution in [2.45, 2.75) is 31.7 Å². The van der Waals surface area contributed by atoms with Crippen LogP contribution in [0.15, 0.2) is 48.5 Å². The SMILES string of the molecule is O=[N+]([O-])C1CC(N2CCN(Cc3ccccc3-c3ccc(Cl)cc3)CC2)CCO1. The third-order valence-electron chi connectivity index (χ3n) is 5.96. The fourth-order valence-corrected chi connectivity index (χ4v) is 4.46. The van der Waals surface area contributed by atoms with E-state index in [4.69, 9.17) is 16.3 Å². The van der Waals surface area contributed by atoms with Gasteiger partial charge in [-0.2, -0.15) is 0 Å². The summed E-state index contributed by atoms with van der Waals surface area (Å²) in [7, 11) is 0. The van der Waals surface area contributed by atoms with Gasteiger partial charge in [-0.15, -0.1) is 0 Å². The summed E-state index contributed by atoms with van der Waals surface area (Å²) < 4.78 is 5.28. The molecule has 0 N–H and O–H groups in total. The van der Waals surface area contributed by atoms with Gasteiger partial charge in [0, 0.05) is 43.8 Å². The Hall–Kier alpha value is -1.99. The number of piperazine rings is 1. The molecule has 2 unspecified atom stereocenters. The van der Waals surface area contributed by atoms with E-state index in [2.05, 4.69) is 46.2 Å². The van der Waals surface area contributed by atoms with Crippen LogP contribution in [0.3, 0.4) is 0 Å². The van der Waals surface area contributed by atoms with Crippen molar-refractivity contribution in [2.24, 2.45) is 0 Å². The zero-order valence-electron chi connectivity index (χ0n) is 16.4. The van der Waals surface area contributed by atoms with Crippen LogP contribution in [0.2, 0.25) is 5.02 Å². The van der Waals surface area contributed by atoms with E-state index in [1.165, 1.54) is 16.7 Å². The molecule has 2 aromatic rings. The molecule has 2 aliphatic heterocycles. The van der Waals surface area contributed by atoms with Crippen molar-refractivity contribution < 1.29 is 9.66 Å². The topological polar surface area (TPSA) is 58.9 Å². The summed E-state index contributed by atoms with van der Waals surface area (Å²) in [5, 5.41) is 11.8. The van der Waals surface area contributed by atoms with Crippen LogP contribution < -0.4 is 0 Å². The van der Waals surface area contributed by atoms with E-state index < -0.39 is 6.23 Å². The van der Waals surface area contributed by atoms with Gasteiger partial charge in [0.2, 0.25) is 0 Å². The minimum absolute atomic E-state index is 0.252. The van der Waals surface area contributed by atoms with E-state index in [0.29, 0.717) is 13.0 Å². The molecule has 0 bridgehead atoms. The lowest BCUT2D eigenvalue weighted by molar-refractivity contribution is -0.582. The highest BCUT2D eigenvalue weighted by Gasteiger charge is 2.34. The van der Waals surface area contributed by atoms with Gasteiger partial charge >= 0.3 is 6.23 Å². The zero-order valence-corrected chi connectivity index (χ0v) is 17.1. The second kappa shape index (κ2) is 9.22. The van der Waals surface area contributed by atoms with Crippen LogP contribution in [-0.4, -0.2) is 59.8 Å². The first-order chi connectivity index (χ1) is 14.1. The Labute approximate surface area is 176 Å². The third-order valence-corrected chi connectivity index (χ3v) is 6.21. The average Bonchev–Trinajstić information content (AvgIpc) is 2.75. The van der Waals surface area contributed by atoms with Gasteiger partial charge in [0.05, 0.1) is 18.0 Å². The molecule has 0 spiro atoms. The second-order valence-corrected chi connectivity index (χ2v) is 8.20. The Bertz CT molecular complexity index is 837. The maximum Gasteiger partial charge on any atom is 0.316 e. The van der Waals surface area contributed by atoms with E-state index in [1.54, 1.807) is 0 Å². The minimum Gasteiger partial charge on any atom is -0.317 e. The van der Waals surface area contributed by atoms with Gasteiger partial charge < -0.3 is 4.74 Å². The molecular weight excluding hydrogens is 390 g/mol. The van der Waals surface area contributed by atoms with Gasteiger partial charge in [0.25, 0.3) is 0 Å². The van der Waals surface area contributed by atoms with Crippen molar-refractivity contribution >= 4 is 11.6 Å². The molecule has 2 aliphatic rings. The average molecular weight is 416 g/mol. The van der Waals surface area contributed by atoms with E-state index in [0.717, 1.165) is 44.2 Å². The molecule has 4 rings (SSSR count). The number of benzene rings is 2. The molecule has 0 saturated carbocycles. The molecule has 0 amide bonds.